The highest BCUT2D eigenvalue weighted by Crippen LogP contribution is 2.36. The summed E-state index contributed by atoms with van der Waals surface area (Å²) >= 11 is 0. The summed E-state index contributed by atoms with van der Waals surface area (Å²) < 4.78 is 19.1. The first-order chi connectivity index (χ1) is 15.3. The average molecular weight is 419 g/mol. The van der Waals surface area contributed by atoms with Crippen LogP contribution in [0.15, 0.2) is 54.9 Å². The first-order valence-electron chi connectivity index (χ1n) is 10.5. The maximum absolute atomic E-state index is 6.22. The Morgan fingerprint density at radius 3 is 2.87 bits per heavy atom. The molecular formula is C23H25N5O3. The van der Waals surface area contributed by atoms with Crippen LogP contribution in [0.5, 0.6) is 5.75 Å². The van der Waals surface area contributed by atoms with Crippen LogP contribution in [-0.2, 0) is 9.47 Å². The molecule has 8 heteroatoms. The second-order valence-electron chi connectivity index (χ2n) is 7.61. The molecule has 31 heavy (non-hydrogen) atoms. The highest BCUT2D eigenvalue weighted by molar-refractivity contribution is 5.93. The summed E-state index contributed by atoms with van der Waals surface area (Å²) in [5, 5.41) is 13.0. The molecule has 1 N–H and O–H groups in total. The van der Waals surface area contributed by atoms with Gasteiger partial charge in [0.2, 0.25) is 0 Å². The maximum Gasteiger partial charge on any atom is 0.150 e. The average Bonchev–Trinajstić information content (AvgIpc) is 3.48. The van der Waals surface area contributed by atoms with Crippen molar-refractivity contribution in [2.45, 2.75) is 25.0 Å². The first kappa shape index (κ1) is 19.7. The predicted octanol–water partition coefficient (Wildman–Crippen LogP) is 3.94. The van der Waals surface area contributed by atoms with Crippen molar-refractivity contribution in [2.75, 3.05) is 26.9 Å². The Morgan fingerprint density at radius 1 is 1.13 bits per heavy atom. The molecule has 1 fully saturated rings. The van der Waals surface area contributed by atoms with Crippen molar-refractivity contribution in [3.8, 4) is 17.0 Å². The summed E-state index contributed by atoms with van der Waals surface area (Å²) in [7, 11) is 1.67. The van der Waals surface area contributed by atoms with Crippen LogP contribution < -0.4 is 4.74 Å². The van der Waals surface area contributed by atoms with E-state index in [-0.39, 0.29) is 12.1 Å². The molecule has 0 aliphatic carbocycles. The summed E-state index contributed by atoms with van der Waals surface area (Å²) in [6.07, 6.45) is 3.25. The van der Waals surface area contributed by atoms with Gasteiger partial charge in [0, 0.05) is 24.0 Å². The number of ether oxygens (including phenoxy) is 3. The molecule has 0 radical (unpaired) electrons. The van der Waals surface area contributed by atoms with Gasteiger partial charge in [0.1, 0.15) is 30.2 Å². The third kappa shape index (κ3) is 4.04. The molecule has 0 spiro atoms. The molecular weight excluding hydrogens is 394 g/mol. The number of hydrogen-bond acceptors (Lipinski definition) is 6. The number of benzene rings is 2. The lowest BCUT2D eigenvalue weighted by Gasteiger charge is -2.28. The van der Waals surface area contributed by atoms with E-state index in [1.54, 1.807) is 13.4 Å². The summed E-state index contributed by atoms with van der Waals surface area (Å²) in [4.78, 5) is 4.28. The van der Waals surface area contributed by atoms with Gasteiger partial charge in [-0.25, -0.2) is 9.67 Å². The molecule has 0 bridgehead atoms. The van der Waals surface area contributed by atoms with Crippen molar-refractivity contribution < 1.29 is 14.2 Å². The van der Waals surface area contributed by atoms with E-state index in [1.807, 2.05) is 35.0 Å². The van der Waals surface area contributed by atoms with Crippen LogP contribution >= 0.6 is 0 Å². The molecule has 1 saturated heterocycles. The Balaban J connectivity index is 1.42. The number of nitrogens with zero attached hydrogens (tertiary/aromatic N) is 4. The molecule has 0 saturated carbocycles. The van der Waals surface area contributed by atoms with Crippen molar-refractivity contribution in [1.29, 1.82) is 0 Å². The highest BCUT2D eigenvalue weighted by atomic mass is 16.5. The van der Waals surface area contributed by atoms with E-state index >= 15 is 0 Å². The zero-order valence-corrected chi connectivity index (χ0v) is 17.4. The van der Waals surface area contributed by atoms with Crippen LogP contribution in [-0.4, -0.2) is 51.9 Å². The van der Waals surface area contributed by atoms with Crippen LogP contribution in [0.25, 0.3) is 22.2 Å². The first-order valence-corrected chi connectivity index (χ1v) is 10.5. The summed E-state index contributed by atoms with van der Waals surface area (Å²) in [5.41, 5.74) is 3.00. The lowest BCUT2D eigenvalue weighted by Crippen LogP contribution is -2.24. The van der Waals surface area contributed by atoms with E-state index in [1.165, 1.54) is 0 Å². The fourth-order valence-corrected chi connectivity index (χ4v) is 4.06. The zero-order valence-electron chi connectivity index (χ0n) is 17.4. The van der Waals surface area contributed by atoms with Crippen LogP contribution in [0.2, 0.25) is 0 Å². The second kappa shape index (κ2) is 8.87. The Kier molecular flexibility index (Phi) is 5.64. The molecule has 2 aromatic heterocycles. The minimum Gasteiger partial charge on any atom is -0.491 e. The number of H-pyrrole nitrogens is 1. The number of nitrogens with one attached hydrogen (secondary N) is 1. The van der Waals surface area contributed by atoms with E-state index in [9.17, 15) is 0 Å². The van der Waals surface area contributed by atoms with Gasteiger partial charge in [0.05, 0.1) is 18.7 Å². The SMILES string of the molecule is COCCOc1cccc(-c2nn(C3CCC(c4ncn[nH]4)CO3)c3ccccc23)c1. The fourth-order valence-electron chi connectivity index (χ4n) is 4.06. The van der Waals surface area contributed by atoms with Gasteiger partial charge in [0.15, 0.2) is 6.23 Å². The minimum absolute atomic E-state index is 0.112. The van der Waals surface area contributed by atoms with E-state index in [0.717, 1.165) is 46.6 Å². The van der Waals surface area contributed by atoms with Gasteiger partial charge < -0.3 is 14.2 Å². The Bertz CT molecular complexity index is 1130. The van der Waals surface area contributed by atoms with Crippen molar-refractivity contribution in [2.24, 2.45) is 0 Å². The number of para-hydroxylation sites is 1. The molecule has 1 aliphatic heterocycles. The Labute approximate surface area is 180 Å². The van der Waals surface area contributed by atoms with Gasteiger partial charge in [-0.15, -0.1) is 0 Å². The molecule has 2 aromatic carbocycles. The quantitative estimate of drug-likeness (QED) is 0.457. The smallest absolute Gasteiger partial charge is 0.150 e. The van der Waals surface area contributed by atoms with Gasteiger partial charge in [-0.05, 0) is 31.0 Å². The number of aromatic nitrogens is 5. The molecule has 1 aliphatic rings. The van der Waals surface area contributed by atoms with Gasteiger partial charge in [-0.3, -0.25) is 5.10 Å². The fraction of sp³-hybridized carbons (Fsp3) is 0.348. The van der Waals surface area contributed by atoms with Gasteiger partial charge in [-0.2, -0.15) is 10.2 Å². The van der Waals surface area contributed by atoms with E-state index in [4.69, 9.17) is 19.3 Å². The molecule has 160 valence electrons. The number of rotatable bonds is 7. The lowest BCUT2D eigenvalue weighted by molar-refractivity contribution is -0.0478. The second-order valence-corrected chi connectivity index (χ2v) is 7.61. The molecule has 2 atom stereocenters. The minimum atomic E-state index is -0.112. The van der Waals surface area contributed by atoms with E-state index in [2.05, 4.69) is 33.4 Å². The molecule has 5 rings (SSSR count). The number of aromatic amines is 1. The molecule has 8 nitrogen and oxygen atoms in total. The third-order valence-corrected chi connectivity index (χ3v) is 5.62. The molecule has 3 heterocycles. The van der Waals surface area contributed by atoms with Crippen molar-refractivity contribution in [3.05, 3.63) is 60.7 Å². The summed E-state index contributed by atoms with van der Waals surface area (Å²) in [5.74, 6) is 1.92. The third-order valence-electron chi connectivity index (χ3n) is 5.62. The summed E-state index contributed by atoms with van der Waals surface area (Å²) in [6, 6.07) is 16.3. The topological polar surface area (TPSA) is 87.1 Å². The number of hydrogen-bond donors (Lipinski definition) is 1. The van der Waals surface area contributed by atoms with Crippen LogP contribution in [0.3, 0.4) is 0 Å². The van der Waals surface area contributed by atoms with Gasteiger partial charge >= 0.3 is 0 Å². The largest absolute Gasteiger partial charge is 0.491 e. The molecule has 2 unspecified atom stereocenters. The van der Waals surface area contributed by atoms with Crippen molar-refractivity contribution in [1.82, 2.24) is 25.0 Å². The normalized spacial score (nSPS) is 19.0. The number of fused-ring (bicyclic) bond motifs is 1. The number of methoxy groups -OCH3 is 1. The van der Waals surface area contributed by atoms with Gasteiger partial charge in [0.25, 0.3) is 0 Å². The van der Waals surface area contributed by atoms with Crippen LogP contribution in [0.1, 0.15) is 30.8 Å². The Hall–Kier alpha value is -3.23. The lowest BCUT2D eigenvalue weighted by atomic mass is 10.0. The zero-order chi connectivity index (χ0) is 21.0. The van der Waals surface area contributed by atoms with Crippen LogP contribution in [0.4, 0.5) is 0 Å². The monoisotopic (exact) mass is 419 g/mol. The van der Waals surface area contributed by atoms with Crippen LogP contribution in [0, 0.1) is 0 Å². The highest BCUT2D eigenvalue weighted by Gasteiger charge is 2.28. The van der Waals surface area contributed by atoms with Crippen molar-refractivity contribution >= 4 is 10.9 Å². The molecule has 0 amide bonds. The summed E-state index contributed by atoms with van der Waals surface area (Å²) in [6.45, 7) is 1.65. The standard InChI is InChI=1S/C23H25N5O3/c1-29-11-12-30-18-6-4-5-16(13-18)22-19-7-2-3-8-20(19)28(27-22)21-10-9-17(14-31-21)23-24-15-25-26-23/h2-8,13,15,17,21H,9-12,14H2,1H3,(H,24,25,26). The Morgan fingerprint density at radius 2 is 2.06 bits per heavy atom. The van der Waals surface area contributed by atoms with E-state index < -0.39 is 0 Å². The van der Waals surface area contributed by atoms with Crippen molar-refractivity contribution in [3.63, 3.8) is 0 Å². The van der Waals surface area contributed by atoms with E-state index in [0.29, 0.717) is 19.8 Å². The predicted molar refractivity (Wildman–Crippen MR) is 116 cm³/mol. The van der Waals surface area contributed by atoms with Gasteiger partial charge in [-0.1, -0.05) is 30.3 Å². The maximum atomic E-state index is 6.22. The molecule has 4 aromatic rings.